The minimum Gasteiger partial charge on any atom is -0.478 e. The van der Waals surface area contributed by atoms with E-state index < -0.39 is 21.9 Å². The minimum atomic E-state index is -3.81. The molecule has 0 heterocycles. The van der Waals surface area contributed by atoms with Crippen LogP contribution in [0.25, 0.3) is 0 Å². The Morgan fingerprint density at radius 2 is 1.68 bits per heavy atom. The van der Waals surface area contributed by atoms with Crippen molar-refractivity contribution in [3.63, 3.8) is 0 Å². The van der Waals surface area contributed by atoms with Gasteiger partial charge in [-0.3, -0.25) is 0 Å². The largest absolute Gasteiger partial charge is 0.478 e. The van der Waals surface area contributed by atoms with Crippen molar-refractivity contribution in [1.29, 1.82) is 0 Å². The van der Waals surface area contributed by atoms with Gasteiger partial charge < -0.3 is 20.3 Å². The van der Waals surface area contributed by atoms with Gasteiger partial charge in [0, 0.05) is 17.1 Å². The maximum Gasteiger partial charge on any atom is 0.336 e. The fourth-order valence-electron chi connectivity index (χ4n) is 4.33. The van der Waals surface area contributed by atoms with E-state index in [1.54, 1.807) is 66.7 Å². The van der Waals surface area contributed by atoms with Crippen molar-refractivity contribution in [2.45, 2.75) is 35.7 Å². The molecule has 0 spiro atoms. The fraction of sp³-hybridized carbons (Fsp3) is 0.194. The molecule has 0 fully saturated rings. The van der Waals surface area contributed by atoms with Crippen LogP contribution >= 0.6 is 11.6 Å². The number of ether oxygens (including phenoxy) is 1. The lowest BCUT2D eigenvalue weighted by Gasteiger charge is -2.14. The van der Waals surface area contributed by atoms with E-state index in [4.69, 9.17) is 16.3 Å². The Labute approximate surface area is 238 Å². The second-order valence-corrected chi connectivity index (χ2v) is 11.6. The maximum absolute atomic E-state index is 13.3. The third-order valence-corrected chi connectivity index (χ3v) is 8.46. The van der Waals surface area contributed by atoms with Gasteiger partial charge in [-0.15, -0.1) is 0 Å². The zero-order chi connectivity index (χ0) is 28.7. The van der Waals surface area contributed by atoms with E-state index in [0.717, 1.165) is 11.1 Å². The predicted molar refractivity (Wildman–Crippen MR) is 154 cm³/mol. The molecule has 0 aliphatic heterocycles. The third kappa shape index (κ3) is 7.08. The molecule has 4 aromatic rings. The molecule has 0 saturated heterocycles. The third-order valence-electron chi connectivity index (χ3n) is 6.46. The van der Waals surface area contributed by atoms with Gasteiger partial charge in [0.05, 0.1) is 21.5 Å². The predicted octanol–water partition coefficient (Wildman–Crippen LogP) is 6.09. The van der Waals surface area contributed by atoms with E-state index in [0.29, 0.717) is 48.0 Å². The lowest BCUT2D eigenvalue weighted by Crippen LogP contribution is -2.23. The molecule has 40 heavy (non-hydrogen) atoms. The van der Waals surface area contributed by atoms with Gasteiger partial charge in [0.15, 0.2) is 0 Å². The van der Waals surface area contributed by atoms with Crippen molar-refractivity contribution < 1.29 is 28.2 Å². The molecule has 208 valence electrons. The van der Waals surface area contributed by atoms with Gasteiger partial charge in [0.2, 0.25) is 9.84 Å². The highest BCUT2D eigenvalue weighted by Crippen LogP contribution is 2.31. The normalized spacial score (nSPS) is 12.2. The molecule has 0 amide bonds. The summed E-state index contributed by atoms with van der Waals surface area (Å²) < 4.78 is 32.6. The second kappa shape index (κ2) is 13.1. The lowest BCUT2D eigenvalue weighted by molar-refractivity contribution is 0.0695. The number of nitrogens with one attached hydrogen (secondary N) is 1. The first-order valence-corrected chi connectivity index (χ1v) is 14.7. The van der Waals surface area contributed by atoms with Crippen LogP contribution in [0.5, 0.6) is 11.5 Å². The topological polar surface area (TPSA) is 113 Å². The molecule has 9 heteroatoms. The van der Waals surface area contributed by atoms with Gasteiger partial charge in [-0.05, 0) is 85.1 Å². The smallest absolute Gasteiger partial charge is 0.336 e. The van der Waals surface area contributed by atoms with Crippen molar-refractivity contribution in [3.05, 3.63) is 118 Å². The summed E-state index contributed by atoms with van der Waals surface area (Å²) in [6.45, 7) is 2.80. The molecule has 1 atom stereocenters. The number of hydrogen-bond acceptors (Lipinski definition) is 6. The van der Waals surface area contributed by atoms with Crippen LogP contribution < -0.4 is 10.1 Å². The summed E-state index contributed by atoms with van der Waals surface area (Å²) in [5.74, 6) is -0.385. The number of carboxylic acids is 1. The number of benzene rings is 4. The number of carbonyl (C=O) groups is 1. The molecule has 4 rings (SSSR count). The van der Waals surface area contributed by atoms with Crippen LogP contribution in [0.4, 0.5) is 0 Å². The van der Waals surface area contributed by atoms with Crippen LogP contribution in [0.3, 0.4) is 0 Å². The van der Waals surface area contributed by atoms with Gasteiger partial charge in [-0.25, -0.2) is 13.2 Å². The fourth-order valence-corrected chi connectivity index (χ4v) is 5.83. The average Bonchev–Trinajstić information content (AvgIpc) is 2.95. The zero-order valence-electron chi connectivity index (χ0n) is 21.9. The number of carboxylic acid groups (broad SMARTS) is 1. The minimum absolute atomic E-state index is 0.0712. The first-order chi connectivity index (χ1) is 19.2. The van der Waals surface area contributed by atoms with Crippen molar-refractivity contribution in [2.24, 2.45) is 0 Å². The molecule has 0 radical (unpaired) electrons. The molecule has 0 bridgehead atoms. The highest BCUT2D eigenvalue weighted by Gasteiger charge is 2.19. The van der Waals surface area contributed by atoms with E-state index in [1.165, 1.54) is 18.2 Å². The Bertz CT molecular complexity index is 1590. The Balaban J connectivity index is 1.40. The molecular formula is C31H30ClNO6S. The Hall–Kier alpha value is -3.69. The summed E-state index contributed by atoms with van der Waals surface area (Å²) in [7, 11) is -3.81. The van der Waals surface area contributed by atoms with Gasteiger partial charge in [-0.1, -0.05) is 54.9 Å². The average molecular weight is 580 g/mol. The first kappa shape index (κ1) is 29.3. The number of rotatable bonds is 12. The number of halogens is 1. The molecule has 0 aromatic heterocycles. The van der Waals surface area contributed by atoms with Gasteiger partial charge in [-0.2, -0.15) is 0 Å². The number of aliphatic hydroxyl groups excluding tert-OH is 1. The highest BCUT2D eigenvalue weighted by atomic mass is 35.5. The van der Waals surface area contributed by atoms with E-state index in [-0.39, 0.29) is 15.4 Å². The van der Waals surface area contributed by atoms with E-state index in [9.17, 15) is 23.4 Å². The molecule has 3 N–H and O–H groups in total. The van der Waals surface area contributed by atoms with Gasteiger partial charge in [0.1, 0.15) is 11.5 Å². The van der Waals surface area contributed by atoms with Crippen LogP contribution in [0.2, 0.25) is 5.02 Å². The molecular weight excluding hydrogens is 550 g/mol. The van der Waals surface area contributed by atoms with Crippen LogP contribution in [0, 0.1) is 0 Å². The summed E-state index contributed by atoms with van der Waals surface area (Å²) in [6, 6.07) is 24.7. The van der Waals surface area contributed by atoms with E-state index >= 15 is 0 Å². The van der Waals surface area contributed by atoms with Crippen LogP contribution in [-0.2, 0) is 22.7 Å². The van der Waals surface area contributed by atoms with Gasteiger partial charge >= 0.3 is 5.97 Å². The monoisotopic (exact) mass is 579 g/mol. The molecule has 4 aromatic carbocycles. The Morgan fingerprint density at radius 3 is 2.38 bits per heavy atom. The molecule has 0 aliphatic rings. The SMILES string of the molecule is CCc1c(Oc2cccc(S(=O)(=O)c3ccc(CCNC[C@H](O)c4cccc(Cl)c4)cc3)c2)cccc1C(=O)O. The van der Waals surface area contributed by atoms with E-state index in [1.807, 2.05) is 13.0 Å². The zero-order valence-corrected chi connectivity index (χ0v) is 23.5. The van der Waals surface area contributed by atoms with Crippen LogP contribution in [0.15, 0.2) is 101 Å². The van der Waals surface area contributed by atoms with Gasteiger partial charge in [0.25, 0.3) is 0 Å². The summed E-state index contributed by atoms with van der Waals surface area (Å²) in [5.41, 5.74) is 2.37. The lowest BCUT2D eigenvalue weighted by atomic mass is 10.0. The van der Waals surface area contributed by atoms with Crippen LogP contribution in [-0.4, -0.2) is 37.7 Å². The van der Waals surface area contributed by atoms with Crippen molar-refractivity contribution in [3.8, 4) is 11.5 Å². The number of aromatic carboxylic acids is 1. The molecule has 0 saturated carbocycles. The first-order valence-electron chi connectivity index (χ1n) is 12.8. The van der Waals surface area contributed by atoms with Crippen molar-refractivity contribution in [1.82, 2.24) is 5.32 Å². The number of hydrogen-bond donors (Lipinski definition) is 3. The van der Waals surface area contributed by atoms with E-state index in [2.05, 4.69) is 5.32 Å². The Morgan fingerprint density at radius 1 is 0.950 bits per heavy atom. The summed E-state index contributed by atoms with van der Waals surface area (Å²) in [6.07, 6.45) is 0.418. The summed E-state index contributed by atoms with van der Waals surface area (Å²) >= 11 is 5.98. The number of sulfone groups is 1. The van der Waals surface area contributed by atoms with Crippen molar-refractivity contribution in [2.75, 3.05) is 13.1 Å². The summed E-state index contributed by atoms with van der Waals surface area (Å²) in [4.78, 5) is 11.8. The molecule has 7 nitrogen and oxygen atoms in total. The highest BCUT2D eigenvalue weighted by molar-refractivity contribution is 7.91. The second-order valence-electron chi connectivity index (χ2n) is 9.19. The van der Waals surface area contributed by atoms with Crippen molar-refractivity contribution >= 4 is 27.4 Å². The maximum atomic E-state index is 13.3. The molecule has 0 unspecified atom stereocenters. The molecule has 0 aliphatic carbocycles. The standard InChI is InChI=1S/C31H30ClNO6S/c1-2-27-28(31(35)36)10-5-11-30(27)39-24-8-4-9-26(19-24)40(37,38)25-14-12-21(13-15-25)16-17-33-20-29(34)22-6-3-7-23(32)18-22/h3-15,18-19,29,33-34H,2,16-17,20H2,1H3,(H,35,36)/t29-/m0/s1. The number of aliphatic hydroxyl groups is 1. The van der Waals surface area contributed by atoms with Crippen LogP contribution in [0.1, 0.15) is 40.1 Å². The summed E-state index contributed by atoms with van der Waals surface area (Å²) in [5, 5.41) is 23.6. The quantitative estimate of drug-likeness (QED) is 0.174. The Kier molecular flexibility index (Phi) is 9.60.